The highest BCUT2D eigenvalue weighted by atomic mass is 35.5. The minimum atomic E-state index is -0.573. The van der Waals surface area contributed by atoms with Gasteiger partial charge in [0.05, 0.1) is 29.3 Å². The van der Waals surface area contributed by atoms with E-state index in [4.69, 9.17) is 16.3 Å². The van der Waals surface area contributed by atoms with Gasteiger partial charge in [0.2, 0.25) is 0 Å². The van der Waals surface area contributed by atoms with Crippen LogP contribution in [0.1, 0.15) is 0 Å². The molecule has 0 spiro atoms. The van der Waals surface area contributed by atoms with Crippen molar-refractivity contribution < 1.29 is 14.8 Å². The van der Waals surface area contributed by atoms with Crippen LogP contribution in [-0.4, -0.2) is 72.5 Å². The van der Waals surface area contributed by atoms with Crippen LogP contribution in [0.5, 0.6) is 0 Å². The Hall–Kier alpha value is -1.48. The summed E-state index contributed by atoms with van der Waals surface area (Å²) in [4.78, 5) is 18.0. The van der Waals surface area contributed by atoms with Gasteiger partial charge in [-0.1, -0.05) is 11.6 Å². The summed E-state index contributed by atoms with van der Waals surface area (Å²) >= 11 is 6.03. The minimum absolute atomic E-state index is 0.156. The number of anilines is 1. The molecule has 1 unspecified atom stereocenters. The Morgan fingerprint density at radius 2 is 2.27 bits per heavy atom. The van der Waals surface area contributed by atoms with Crippen molar-refractivity contribution in [1.82, 2.24) is 9.88 Å². The number of morpholine rings is 1. The van der Waals surface area contributed by atoms with E-state index in [1.165, 1.54) is 6.07 Å². The first-order valence-electron chi connectivity index (χ1n) is 6.96. The molecule has 0 aliphatic carbocycles. The van der Waals surface area contributed by atoms with Crippen LogP contribution in [0.15, 0.2) is 12.3 Å². The monoisotopic (exact) mass is 330 g/mol. The molecular formula is C13H19ClN4O4. The Balaban J connectivity index is 1.93. The van der Waals surface area contributed by atoms with Crippen molar-refractivity contribution in [3.63, 3.8) is 0 Å². The fourth-order valence-electron chi connectivity index (χ4n) is 2.34. The molecule has 2 rings (SSSR count). The molecule has 1 aromatic rings. The number of aromatic nitrogens is 1. The largest absolute Gasteiger partial charge is 0.390 e. The topological polar surface area (TPSA) is 92.0 Å². The molecular weight excluding hydrogens is 312 g/mol. The number of rotatable bonds is 6. The first kappa shape index (κ1) is 16.9. The molecule has 22 heavy (non-hydrogen) atoms. The zero-order chi connectivity index (χ0) is 16.1. The number of aliphatic hydroxyl groups is 1. The molecule has 0 aromatic carbocycles. The number of β-amino-alcohol motifs (C(OH)–C–C–N with tert-alkyl or cyclic N) is 1. The van der Waals surface area contributed by atoms with Crippen LogP contribution in [0.3, 0.4) is 0 Å². The van der Waals surface area contributed by atoms with E-state index in [-0.39, 0.29) is 10.7 Å². The molecule has 1 aliphatic heterocycles. The van der Waals surface area contributed by atoms with E-state index in [0.717, 1.165) is 19.3 Å². The van der Waals surface area contributed by atoms with Crippen molar-refractivity contribution in [2.75, 3.05) is 51.3 Å². The quantitative estimate of drug-likeness (QED) is 0.608. The lowest BCUT2D eigenvalue weighted by molar-refractivity contribution is -0.385. The van der Waals surface area contributed by atoms with Gasteiger partial charge < -0.3 is 14.7 Å². The maximum atomic E-state index is 10.7. The number of hydrogen-bond acceptors (Lipinski definition) is 7. The zero-order valence-corrected chi connectivity index (χ0v) is 13.1. The third-order valence-electron chi connectivity index (χ3n) is 3.44. The Bertz CT molecular complexity index is 525. The van der Waals surface area contributed by atoms with E-state index >= 15 is 0 Å². The summed E-state index contributed by atoms with van der Waals surface area (Å²) in [6.45, 7) is 3.84. The van der Waals surface area contributed by atoms with Crippen LogP contribution >= 0.6 is 11.6 Å². The van der Waals surface area contributed by atoms with Gasteiger partial charge in [-0.25, -0.2) is 4.98 Å². The second-order valence-corrected chi connectivity index (χ2v) is 5.61. The number of nitrogens with zero attached hydrogens (tertiary/aromatic N) is 4. The summed E-state index contributed by atoms with van der Waals surface area (Å²) in [7, 11) is 1.74. The molecule has 122 valence electrons. The number of ether oxygens (including phenoxy) is 1. The van der Waals surface area contributed by atoms with Crippen molar-refractivity contribution in [1.29, 1.82) is 0 Å². The third kappa shape index (κ3) is 4.51. The van der Waals surface area contributed by atoms with Gasteiger partial charge in [-0.3, -0.25) is 15.0 Å². The molecule has 2 heterocycles. The maximum Gasteiger partial charge on any atom is 0.289 e. The molecule has 9 heteroatoms. The predicted octanol–water partition coefficient (Wildman–Crippen LogP) is 0.773. The predicted molar refractivity (Wildman–Crippen MR) is 82.4 cm³/mol. The molecule has 1 aromatic heterocycles. The van der Waals surface area contributed by atoms with Gasteiger partial charge >= 0.3 is 0 Å². The summed E-state index contributed by atoms with van der Waals surface area (Å²) in [6, 6.07) is 1.26. The lowest BCUT2D eigenvalue weighted by Gasteiger charge is -2.30. The highest BCUT2D eigenvalue weighted by Gasteiger charge is 2.19. The smallest absolute Gasteiger partial charge is 0.289 e. The Labute approximate surface area is 133 Å². The number of hydrogen-bond donors (Lipinski definition) is 1. The fourth-order valence-corrected chi connectivity index (χ4v) is 2.65. The van der Waals surface area contributed by atoms with Gasteiger partial charge in [-0.2, -0.15) is 0 Å². The van der Waals surface area contributed by atoms with Gasteiger partial charge in [-0.05, 0) is 0 Å². The molecule has 1 aliphatic rings. The van der Waals surface area contributed by atoms with Crippen molar-refractivity contribution in [2.45, 2.75) is 6.10 Å². The van der Waals surface area contributed by atoms with Crippen LogP contribution in [0.25, 0.3) is 0 Å². The second-order valence-electron chi connectivity index (χ2n) is 5.20. The molecule has 0 amide bonds. The second kappa shape index (κ2) is 7.68. The Morgan fingerprint density at radius 1 is 1.59 bits per heavy atom. The lowest BCUT2D eigenvalue weighted by Crippen LogP contribution is -2.44. The number of pyridine rings is 1. The zero-order valence-electron chi connectivity index (χ0n) is 12.3. The minimum Gasteiger partial charge on any atom is -0.390 e. The first-order chi connectivity index (χ1) is 10.5. The summed E-state index contributed by atoms with van der Waals surface area (Å²) in [6.07, 6.45) is 0.586. The highest BCUT2D eigenvalue weighted by molar-refractivity contribution is 6.33. The molecule has 1 fully saturated rings. The van der Waals surface area contributed by atoms with E-state index in [2.05, 4.69) is 9.88 Å². The Kier molecular flexibility index (Phi) is 5.90. The van der Waals surface area contributed by atoms with Crippen LogP contribution in [0.2, 0.25) is 5.02 Å². The van der Waals surface area contributed by atoms with Crippen molar-refractivity contribution in [3.05, 3.63) is 27.4 Å². The normalized spacial score (nSPS) is 17.2. The summed E-state index contributed by atoms with van der Waals surface area (Å²) in [5.74, 6) is 0.410. The highest BCUT2D eigenvalue weighted by Crippen LogP contribution is 2.26. The standard InChI is InChI=1S/C13H19ClN4O4/c1-16(8-11(19)9-17-2-4-22-5-3-17)13-12(14)6-10(7-15-13)18(20)21/h6-7,11,19H,2-5,8-9H2,1H3. The van der Waals surface area contributed by atoms with Crippen LogP contribution < -0.4 is 4.90 Å². The van der Waals surface area contributed by atoms with Gasteiger partial charge in [0.1, 0.15) is 12.0 Å². The van der Waals surface area contributed by atoms with E-state index in [1.807, 2.05) is 0 Å². The molecule has 0 bridgehead atoms. The number of halogens is 1. The molecule has 0 saturated carbocycles. The number of aliphatic hydroxyl groups excluding tert-OH is 1. The van der Waals surface area contributed by atoms with E-state index < -0.39 is 11.0 Å². The SMILES string of the molecule is CN(CC(O)CN1CCOCC1)c1ncc([N+](=O)[O-])cc1Cl. The Morgan fingerprint density at radius 3 is 2.86 bits per heavy atom. The average molecular weight is 331 g/mol. The van der Waals surface area contributed by atoms with Gasteiger partial charge in [0.15, 0.2) is 0 Å². The maximum absolute atomic E-state index is 10.7. The third-order valence-corrected chi connectivity index (χ3v) is 3.72. The average Bonchev–Trinajstić information content (AvgIpc) is 2.47. The van der Waals surface area contributed by atoms with Gasteiger partial charge in [0, 0.05) is 39.3 Å². The van der Waals surface area contributed by atoms with Crippen LogP contribution in [0.4, 0.5) is 11.5 Å². The van der Waals surface area contributed by atoms with Gasteiger partial charge in [-0.15, -0.1) is 0 Å². The fraction of sp³-hybridized carbons (Fsp3) is 0.615. The van der Waals surface area contributed by atoms with Crippen molar-refractivity contribution >= 4 is 23.1 Å². The first-order valence-corrected chi connectivity index (χ1v) is 7.34. The van der Waals surface area contributed by atoms with E-state index in [0.29, 0.717) is 32.1 Å². The molecule has 8 nitrogen and oxygen atoms in total. The summed E-state index contributed by atoms with van der Waals surface area (Å²) in [5, 5.41) is 21.0. The molecule has 0 radical (unpaired) electrons. The molecule has 1 saturated heterocycles. The number of likely N-dealkylation sites (N-methyl/N-ethyl adjacent to an activating group) is 1. The number of nitro groups is 1. The van der Waals surface area contributed by atoms with Crippen molar-refractivity contribution in [2.24, 2.45) is 0 Å². The molecule has 1 N–H and O–H groups in total. The molecule has 1 atom stereocenters. The lowest BCUT2D eigenvalue weighted by atomic mass is 10.2. The van der Waals surface area contributed by atoms with E-state index in [9.17, 15) is 15.2 Å². The van der Waals surface area contributed by atoms with Crippen LogP contribution in [0, 0.1) is 10.1 Å². The summed E-state index contributed by atoms with van der Waals surface area (Å²) < 4.78 is 5.26. The van der Waals surface area contributed by atoms with Crippen molar-refractivity contribution in [3.8, 4) is 0 Å². The summed E-state index contributed by atoms with van der Waals surface area (Å²) in [5.41, 5.74) is -0.156. The van der Waals surface area contributed by atoms with Crippen LogP contribution in [-0.2, 0) is 4.74 Å². The van der Waals surface area contributed by atoms with E-state index in [1.54, 1.807) is 11.9 Å². The van der Waals surface area contributed by atoms with Gasteiger partial charge in [0.25, 0.3) is 5.69 Å².